The van der Waals surface area contributed by atoms with Crippen LogP contribution >= 0.6 is 15.9 Å². The maximum absolute atomic E-state index is 11.7. The largest absolute Gasteiger partial charge is 0.501 e. The zero-order valence-corrected chi connectivity index (χ0v) is 11.5. The Balaban J connectivity index is 3.17. The first-order valence-electron chi connectivity index (χ1n) is 5.28. The molecule has 0 bridgehead atoms. The van der Waals surface area contributed by atoms with E-state index in [9.17, 15) is 4.79 Å². The SMILES string of the molecule is CCO/C=C(/C(=O)OC)c1ccccc1CBr. The number of carbonyl (C=O) groups is 1. The summed E-state index contributed by atoms with van der Waals surface area (Å²) in [6.45, 7) is 2.37. The standard InChI is InChI=1S/C13H15BrO3/c1-3-17-9-12(13(15)16-2)11-7-5-4-6-10(11)8-14/h4-7,9H,3,8H2,1-2H3/b12-9+. The summed E-state index contributed by atoms with van der Waals surface area (Å²) in [5.41, 5.74) is 2.28. The Labute approximate surface area is 110 Å². The van der Waals surface area contributed by atoms with E-state index >= 15 is 0 Å². The number of carbonyl (C=O) groups excluding carboxylic acids is 1. The lowest BCUT2D eigenvalue weighted by molar-refractivity contribution is -0.133. The molecule has 0 aliphatic carbocycles. The molecule has 0 N–H and O–H groups in total. The third-order valence-electron chi connectivity index (χ3n) is 2.22. The number of hydrogen-bond donors (Lipinski definition) is 0. The van der Waals surface area contributed by atoms with E-state index in [0.29, 0.717) is 17.5 Å². The van der Waals surface area contributed by atoms with Crippen LogP contribution in [0.2, 0.25) is 0 Å². The molecule has 17 heavy (non-hydrogen) atoms. The van der Waals surface area contributed by atoms with E-state index < -0.39 is 5.97 Å². The van der Waals surface area contributed by atoms with Gasteiger partial charge in [0.25, 0.3) is 0 Å². The van der Waals surface area contributed by atoms with Crippen LogP contribution in [0, 0.1) is 0 Å². The Morgan fingerprint density at radius 1 is 1.41 bits per heavy atom. The third kappa shape index (κ3) is 3.60. The molecule has 4 heteroatoms. The molecule has 1 aromatic carbocycles. The first kappa shape index (κ1) is 13.8. The van der Waals surface area contributed by atoms with Crippen molar-refractivity contribution in [2.75, 3.05) is 13.7 Å². The van der Waals surface area contributed by atoms with Crippen LogP contribution < -0.4 is 0 Å². The molecule has 0 unspecified atom stereocenters. The molecule has 3 nitrogen and oxygen atoms in total. The van der Waals surface area contributed by atoms with Gasteiger partial charge in [-0.2, -0.15) is 0 Å². The highest BCUT2D eigenvalue weighted by molar-refractivity contribution is 9.08. The summed E-state index contributed by atoms with van der Waals surface area (Å²) in [6, 6.07) is 7.63. The minimum Gasteiger partial charge on any atom is -0.501 e. The molecule has 1 aromatic rings. The van der Waals surface area contributed by atoms with Crippen LogP contribution in [0.25, 0.3) is 5.57 Å². The van der Waals surface area contributed by atoms with E-state index in [1.165, 1.54) is 13.4 Å². The minimum atomic E-state index is -0.396. The van der Waals surface area contributed by atoms with Crippen molar-refractivity contribution >= 4 is 27.5 Å². The number of esters is 1. The van der Waals surface area contributed by atoms with Crippen LogP contribution in [-0.2, 0) is 19.6 Å². The van der Waals surface area contributed by atoms with Gasteiger partial charge in [-0.3, -0.25) is 0 Å². The molecule has 0 radical (unpaired) electrons. The van der Waals surface area contributed by atoms with Gasteiger partial charge in [-0.25, -0.2) is 4.79 Å². The number of halogens is 1. The average molecular weight is 299 g/mol. The van der Waals surface area contributed by atoms with Crippen LogP contribution in [0.5, 0.6) is 0 Å². The molecular weight excluding hydrogens is 284 g/mol. The quantitative estimate of drug-likeness (QED) is 0.363. The van der Waals surface area contributed by atoms with E-state index in [2.05, 4.69) is 15.9 Å². The molecule has 0 aliphatic heterocycles. The Kier molecular flexibility index (Phi) is 5.77. The Morgan fingerprint density at radius 3 is 2.71 bits per heavy atom. The average Bonchev–Trinajstić information content (AvgIpc) is 2.39. The molecule has 0 heterocycles. The van der Waals surface area contributed by atoms with Crippen molar-refractivity contribution in [2.45, 2.75) is 12.3 Å². The topological polar surface area (TPSA) is 35.5 Å². The molecule has 92 valence electrons. The van der Waals surface area contributed by atoms with Crippen LogP contribution in [0.4, 0.5) is 0 Å². The highest BCUT2D eigenvalue weighted by Gasteiger charge is 2.15. The monoisotopic (exact) mass is 298 g/mol. The molecule has 0 spiro atoms. The van der Waals surface area contributed by atoms with E-state index in [-0.39, 0.29) is 0 Å². The molecule has 0 atom stereocenters. The van der Waals surface area contributed by atoms with Gasteiger partial charge < -0.3 is 9.47 Å². The number of ether oxygens (including phenoxy) is 2. The van der Waals surface area contributed by atoms with Crippen molar-refractivity contribution in [3.05, 3.63) is 41.7 Å². The smallest absolute Gasteiger partial charge is 0.341 e. The van der Waals surface area contributed by atoms with Gasteiger partial charge in [0.1, 0.15) is 5.57 Å². The Morgan fingerprint density at radius 2 is 2.12 bits per heavy atom. The molecule has 0 saturated heterocycles. The summed E-state index contributed by atoms with van der Waals surface area (Å²) in [5.74, 6) is -0.396. The Bertz CT molecular complexity index is 413. The lowest BCUT2D eigenvalue weighted by Crippen LogP contribution is -2.06. The fourth-order valence-electron chi connectivity index (χ4n) is 1.40. The van der Waals surface area contributed by atoms with Crippen LogP contribution in [0.15, 0.2) is 30.5 Å². The van der Waals surface area contributed by atoms with E-state index in [4.69, 9.17) is 9.47 Å². The van der Waals surface area contributed by atoms with Gasteiger partial charge in [0, 0.05) is 5.33 Å². The predicted octanol–water partition coefficient (Wildman–Crippen LogP) is 3.13. The van der Waals surface area contributed by atoms with Crippen molar-refractivity contribution in [2.24, 2.45) is 0 Å². The fraction of sp³-hybridized carbons (Fsp3) is 0.308. The molecule has 0 fully saturated rings. The van der Waals surface area contributed by atoms with Gasteiger partial charge in [0.15, 0.2) is 0 Å². The summed E-state index contributed by atoms with van der Waals surface area (Å²) < 4.78 is 9.96. The lowest BCUT2D eigenvalue weighted by atomic mass is 10.0. The van der Waals surface area contributed by atoms with Crippen molar-refractivity contribution < 1.29 is 14.3 Å². The van der Waals surface area contributed by atoms with Crippen LogP contribution in [-0.4, -0.2) is 19.7 Å². The maximum Gasteiger partial charge on any atom is 0.341 e. The molecule has 1 rings (SSSR count). The summed E-state index contributed by atoms with van der Waals surface area (Å²) >= 11 is 3.40. The fourth-order valence-corrected chi connectivity index (χ4v) is 1.89. The highest BCUT2D eigenvalue weighted by atomic mass is 79.9. The lowest BCUT2D eigenvalue weighted by Gasteiger charge is -2.09. The molecule has 0 aromatic heterocycles. The normalized spacial score (nSPS) is 11.1. The second kappa shape index (κ2) is 7.12. The van der Waals surface area contributed by atoms with Gasteiger partial charge >= 0.3 is 5.97 Å². The predicted molar refractivity (Wildman–Crippen MR) is 70.7 cm³/mol. The number of benzene rings is 1. The maximum atomic E-state index is 11.7. The number of alkyl halides is 1. The third-order valence-corrected chi connectivity index (χ3v) is 2.83. The Hall–Kier alpha value is -1.29. The molecule has 0 aliphatic rings. The second-order valence-corrected chi connectivity index (χ2v) is 3.83. The summed E-state index contributed by atoms with van der Waals surface area (Å²) in [6.07, 6.45) is 1.45. The highest BCUT2D eigenvalue weighted by Crippen LogP contribution is 2.22. The minimum absolute atomic E-state index is 0.396. The first-order valence-corrected chi connectivity index (χ1v) is 6.41. The zero-order chi connectivity index (χ0) is 12.7. The second-order valence-electron chi connectivity index (χ2n) is 3.27. The van der Waals surface area contributed by atoms with Gasteiger partial charge in [-0.15, -0.1) is 0 Å². The first-order chi connectivity index (χ1) is 8.24. The van der Waals surface area contributed by atoms with Gasteiger partial charge in [0.2, 0.25) is 0 Å². The van der Waals surface area contributed by atoms with Crippen molar-refractivity contribution in [1.82, 2.24) is 0 Å². The number of rotatable bonds is 5. The summed E-state index contributed by atoms with van der Waals surface area (Å²) in [4.78, 5) is 11.7. The molecule has 0 saturated carbocycles. The molecular formula is C13H15BrO3. The summed E-state index contributed by atoms with van der Waals surface area (Å²) in [7, 11) is 1.36. The van der Waals surface area contributed by atoms with Crippen molar-refractivity contribution in [3.63, 3.8) is 0 Å². The van der Waals surface area contributed by atoms with Gasteiger partial charge in [-0.05, 0) is 18.1 Å². The van der Waals surface area contributed by atoms with E-state index in [1.807, 2.05) is 31.2 Å². The number of hydrogen-bond acceptors (Lipinski definition) is 3. The van der Waals surface area contributed by atoms with Crippen molar-refractivity contribution in [3.8, 4) is 0 Å². The van der Waals surface area contributed by atoms with Crippen LogP contribution in [0.3, 0.4) is 0 Å². The van der Waals surface area contributed by atoms with Gasteiger partial charge in [-0.1, -0.05) is 40.2 Å². The summed E-state index contributed by atoms with van der Waals surface area (Å²) in [5, 5.41) is 0.670. The zero-order valence-electron chi connectivity index (χ0n) is 9.90. The van der Waals surface area contributed by atoms with E-state index in [0.717, 1.165) is 11.1 Å². The van der Waals surface area contributed by atoms with Crippen molar-refractivity contribution in [1.29, 1.82) is 0 Å². The van der Waals surface area contributed by atoms with Gasteiger partial charge in [0.05, 0.1) is 20.0 Å². The number of methoxy groups -OCH3 is 1. The van der Waals surface area contributed by atoms with E-state index in [1.54, 1.807) is 0 Å². The van der Waals surface area contributed by atoms with Crippen LogP contribution in [0.1, 0.15) is 18.1 Å². The molecule has 0 amide bonds.